The van der Waals surface area contributed by atoms with Gasteiger partial charge in [-0.3, -0.25) is 9.48 Å². The average molecular weight is 277 g/mol. The first kappa shape index (κ1) is 13.1. The monoisotopic (exact) mass is 277 g/mol. The van der Waals surface area contributed by atoms with Gasteiger partial charge in [0.1, 0.15) is 11.3 Å². The molecule has 1 amide bonds. The van der Waals surface area contributed by atoms with E-state index in [-0.39, 0.29) is 17.1 Å². The number of aromatic nitrogens is 2. The highest BCUT2D eigenvalue weighted by Crippen LogP contribution is 2.46. The second-order valence-corrected chi connectivity index (χ2v) is 6.71. The second-order valence-electron chi connectivity index (χ2n) is 6.71. The molecule has 1 saturated carbocycles. The van der Waals surface area contributed by atoms with Crippen molar-refractivity contribution in [2.24, 2.45) is 0 Å². The van der Waals surface area contributed by atoms with Gasteiger partial charge in [-0.05, 0) is 33.6 Å². The Morgan fingerprint density at radius 3 is 2.60 bits per heavy atom. The SMILES string of the molecule is CN1CC2(CC2)n2nc(C(=O)OC(C)(C)C)cc2C1=O. The van der Waals surface area contributed by atoms with Gasteiger partial charge in [-0.2, -0.15) is 5.10 Å². The van der Waals surface area contributed by atoms with Gasteiger partial charge in [0, 0.05) is 19.7 Å². The van der Waals surface area contributed by atoms with E-state index >= 15 is 0 Å². The summed E-state index contributed by atoms with van der Waals surface area (Å²) in [6.07, 6.45) is 1.99. The van der Waals surface area contributed by atoms with Gasteiger partial charge < -0.3 is 9.64 Å². The van der Waals surface area contributed by atoms with E-state index in [0.717, 1.165) is 12.8 Å². The van der Waals surface area contributed by atoms with Crippen LogP contribution in [0.5, 0.6) is 0 Å². The molecular weight excluding hydrogens is 258 g/mol. The summed E-state index contributed by atoms with van der Waals surface area (Å²) in [6, 6.07) is 1.55. The number of amides is 1. The van der Waals surface area contributed by atoms with Crippen LogP contribution in [0.1, 0.15) is 54.6 Å². The Balaban J connectivity index is 1.96. The molecule has 0 saturated heterocycles. The number of ether oxygens (including phenoxy) is 1. The van der Waals surface area contributed by atoms with E-state index in [0.29, 0.717) is 12.2 Å². The van der Waals surface area contributed by atoms with E-state index in [1.807, 2.05) is 20.8 Å². The third-order valence-electron chi connectivity index (χ3n) is 3.69. The Kier molecular flexibility index (Phi) is 2.52. The maximum atomic E-state index is 12.2. The molecule has 0 atom stereocenters. The predicted octanol–water partition coefficient (Wildman–Crippen LogP) is 1.41. The number of hydrogen-bond acceptors (Lipinski definition) is 4. The summed E-state index contributed by atoms with van der Waals surface area (Å²) < 4.78 is 7.04. The van der Waals surface area contributed by atoms with Gasteiger partial charge in [0.15, 0.2) is 5.69 Å². The fourth-order valence-corrected chi connectivity index (χ4v) is 2.62. The molecule has 0 bridgehead atoms. The summed E-state index contributed by atoms with van der Waals surface area (Å²) in [5.41, 5.74) is 0.0271. The van der Waals surface area contributed by atoms with Crippen molar-refractivity contribution in [3.05, 3.63) is 17.5 Å². The second kappa shape index (κ2) is 3.84. The number of esters is 1. The van der Waals surface area contributed by atoms with Crippen molar-refractivity contribution in [3.8, 4) is 0 Å². The van der Waals surface area contributed by atoms with E-state index in [4.69, 9.17) is 4.74 Å². The van der Waals surface area contributed by atoms with Crippen LogP contribution in [-0.4, -0.2) is 45.8 Å². The molecule has 108 valence electrons. The maximum absolute atomic E-state index is 12.2. The standard InChI is InChI=1S/C14H19N3O3/c1-13(2,3)20-12(19)9-7-10-11(18)16(4)8-14(5-6-14)17(10)15-9/h7H,5-6,8H2,1-4H3. The van der Waals surface area contributed by atoms with Gasteiger partial charge in [0.05, 0.1) is 5.54 Å². The molecule has 3 rings (SSSR count). The maximum Gasteiger partial charge on any atom is 0.359 e. The fourth-order valence-electron chi connectivity index (χ4n) is 2.62. The molecule has 1 aromatic heterocycles. The predicted molar refractivity (Wildman–Crippen MR) is 71.6 cm³/mol. The number of likely N-dealkylation sites (N-methyl/N-ethyl adjacent to an activating group) is 1. The van der Waals surface area contributed by atoms with Crippen LogP contribution in [0.2, 0.25) is 0 Å². The molecule has 1 aliphatic carbocycles. The molecule has 1 aromatic rings. The molecule has 20 heavy (non-hydrogen) atoms. The van der Waals surface area contributed by atoms with Gasteiger partial charge in [0.2, 0.25) is 0 Å². The number of carbonyl (C=O) groups excluding carboxylic acids is 2. The Morgan fingerprint density at radius 1 is 1.40 bits per heavy atom. The van der Waals surface area contributed by atoms with Crippen molar-refractivity contribution < 1.29 is 14.3 Å². The largest absolute Gasteiger partial charge is 0.455 e. The smallest absolute Gasteiger partial charge is 0.359 e. The van der Waals surface area contributed by atoms with Crippen molar-refractivity contribution in [1.82, 2.24) is 14.7 Å². The van der Waals surface area contributed by atoms with Gasteiger partial charge in [-0.1, -0.05) is 0 Å². The zero-order valence-corrected chi connectivity index (χ0v) is 12.3. The van der Waals surface area contributed by atoms with Gasteiger partial charge >= 0.3 is 5.97 Å². The minimum atomic E-state index is -0.570. The Bertz CT molecular complexity index is 593. The first-order valence-electron chi connectivity index (χ1n) is 6.81. The van der Waals surface area contributed by atoms with E-state index in [1.165, 1.54) is 0 Å². The zero-order chi connectivity index (χ0) is 14.7. The number of rotatable bonds is 1. The lowest BCUT2D eigenvalue weighted by atomic mass is 10.1. The molecule has 6 nitrogen and oxygen atoms in total. The van der Waals surface area contributed by atoms with Crippen LogP contribution in [-0.2, 0) is 10.3 Å². The molecule has 2 heterocycles. The number of fused-ring (bicyclic) bond motifs is 2. The summed E-state index contributed by atoms with van der Waals surface area (Å²) in [5.74, 6) is -0.574. The summed E-state index contributed by atoms with van der Waals surface area (Å²) >= 11 is 0. The van der Waals surface area contributed by atoms with E-state index in [1.54, 1.807) is 22.7 Å². The highest BCUT2D eigenvalue weighted by Gasteiger charge is 2.52. The van der Waals surface area contributed by atoms with Crippen molar-refractivity contribution in [2.75, 3.05) is 13.6 Å². The highest BCUT2D eigenvalue weighted by atomic mass is 16.6. The van der Waals surface area contributed by atoms with Gasteiger partial charge in [-0.25, -0.2) is 4.79 Å². The van der Waals surface area contributed by atoms with Crippen LogP contribution in [0.3, 0.4) is 0 Å². The molecule has 1 fully saturated rings. The normalized spacial score (nSPS) is 20.0. The quantitative estimate of drug-likeness (QED) is 0.728. The van der Waals surface area contributed by atoms with Gasteiger partial charge in [0.25, 0.3) is 5.91 Å². The summed E-state index contributed by atoms with van der Waals surface area (Å²) in [5, 5.41) is 4.33. The Morgan fingerprint density at radius 2 is 2.05 bits per heavy atom. The zero-order valence-electron chi connectivity index (χ0n) is 12.3. The van der Waals surface area contributed by atoms with E-state index in [2.05, 4.69) is 5.10 Å². The van der Waals surface area contributed by atoms with Crippen LogP contribution in [0.15, 0.2) is 6.07 Å². The minimum Gasteiger partial charge on any atom is -0.455 e. The van der Waals surface area contributed by atoms with Gasteiger partial charge in [-0.15, -0.1) is 0 Å². The molecule has 6 heteroatoms. The molecular formula is C14H19N3O3. The van der Waals surface area contributed by atoms with E-state index < -0.39 is 11.6 Å². The Labute approximate surface area is 117 Å². The van der Waals surface area contributed by atoms with Crippen molar-refractivity contribution in [3.63, 3.8) is 0 Å². The molecule has 2 aliphatic rings. The van der Waals surface area contributed by atoms with Crippen LogP contribution in [0.4, 0.5) is 0 Å². The van der Waals surface area contributed by atoms with Crippen molar-refractivity contribution >= 4 is 11.9 Å². The molecule has 0 aromatic carbocycles. The third-order valence-corrected chi connectivity index (χ3v) is 3.69. The lowest BCUT2D eigenvalue weighted by molar-refractivity contribution is 0.00611. The Hall–Kier alpha value is -1.85. The lowest BCUT2D eigenvalue weighted by Gasteiger charge is -2.30. The van der Waals surface area contributed by atoms with Crippen LogP contribution in [0.25, 0.3) is 0 Å². The fraction of sp³-hybridized carbons (Fsp3) is 0.643. The third kappa shape index (κ3) is 1.99. The molecule has 0 unspecified atom stereocenters. The average Bonchev–Trinajstić information content (AvgIpc) is 2.92. The van der Waals surface area contributed by atoms with Crippen LogP contribution >= 0.6 is 0 Å². The molecule has 1 aliphatic heterocycles. The summed E-state index contributed by atoms with van der Waals surface area (Å²) in [4.78, 5) is 25.9. The highest BCUT2D eigenvalue weighted by molar-refractivity contribution is 5.97. The first-order chi connectivity index (χ1) is 9.22. The summed E-state index contributed by atoms with van der Waals surface area (Å²) in [7, 11) is 1.78. The van der Waals surface area contributed by atoms with Crippen molar-refractivity contribution in [1.29, 1.82) is 0 Å². The topological polar surface area (TPSA) is 64.4 Å². The van der Waals surface area contributed by atoms with Crippen LogP contribution in [0, 0.1) is 0 Å². The summed E-state index contributed by atoms with van der Waals surface area (Å²) in [6.45, 7) is 6.08. The number of hydrogen-bond donors (Lipinski definition) is 0. The van der Waals surface area contributed by atoms with Crippen LogP contribution < -0.4 is 0 Å². The lowest BCUT2D eigenvalue weighted by Crippen LogP contribution is -2.45. The van der Waals surface area contributed by atoms with Crippen molar-refractivity contribution in [2.45, 2.75) is 44.8 Å². The first-order valence-corrected chi connectivity index (χ1v) is 6.81. The number of carbonyl (C=O) groups is 2. The molecule has 0 N–H and O–H groups in total. The molecule has 0 radical (unpaired) electrons. The minimum absolute atomic E-state index is 0.0927. The van der Waals surface area contributed by atoms with E-state index in [9.17, 15) is 9.59 Å². The number of nitrogens with zero attached hydrogens (tertiary/aromatic N) is 3. The molecule has 1 spiro atoms.